The van der Waals surface area contributed by atoms with Crippen molar-refractivity contribution in [3.63, 3.8) is 0 Å². The van der Waals surface area contributed by atoms with E-state index in [1.807, 2.05) is 6.07 Å². The van der Waals surface area contributed by atoms with Gasteiger partial charge in [-0.05, 0) is 24.3 Å². The molecule has 0 radical (unpaired) electrons. The van der Waals surface area contributed by atoms with Gasteiger partial charge in [0, 0.05) is 0 Å². The second-order valence-corrected chi connectivity index (χ2v) is 4.92. The zero-order chi connectivity index (χ0) is 13.4. The van der Waals surface area contributed by atoms with Gasteiger partial charge in [-0.25, -0.2) is 0 Å². The molecular weight excluding hydrogens is 285 g/mol. The number of benzene rings is 2. The first kappa shape index (κ1) is 12.3. The van der Waals surface area contributed by atoms with E-state index in [9.17, 15) is 4.79 Å². The third kappa shape index (κ3) is 2.15. The lowest BCUT2D eigenvalue weighted by Crippen LogP contribution is -2.37. The second kappa shape index (κ2) is 4.76. The van der Waals surface area contributed by atoms with Crippen LogP contribution in [0.1, 0.15) is 22.1 Å². The van der Waals surface area contributed by atoms with Gasteiger partial charge in [0.25, 0.3) is 5.91 Å². The lowest BCUT2D eigenvalue weighted by atomic mass is 10.1. The van der Waals surface area contributed by atoms with E-state index in [1.165, 1.54) is 0 Å². The molecule has 0 saturated heterocycles. The molecule has 0 spiro atoms. The Kier molecular flexibility index (Phi) is 3.09. The summed E-state index contributed by atoms with van der Waals surface area (Å²) in [4.78, 5) is 12.0. The number of carbonyl (C=O) groups excluding carboxylic acids is 1. The Bertz CT molecular complexity index is 637. The predicted octanol–water partition coefficient (Wildman–Crippen LogP) is 3.81. The summed E-state index contributed by atoms with van der Waals surface area (Å²) in [5.74, 6) is 0.315. The number of carbonyl (C=O) groups is 1. The SMILES string of the molecule is O=C1N[C@@H](c2c(Cl)cccc2Cl)Oc2ccccc21. The largest absolute Gasteiger partial charge is 0.465 e. The van der Waals surface area contributed by atoms with Crippen molar-refractivity contribution in [2.45, 2.75) is 6.23 Å². The number of hydrogen-bond donors (Lipinski definition) is 1. The van der Waals surface area contributed by atoms with Crippen LogP contribution in [-0.2, 0) is 0 Å². The number of fused-ring (bicyclic) bond motifs is 1. The number of hydrogen-bond acceptors (Lipinski definition) is 2. The summed E-state index contributed by atoms with van der Waals surface area (Å²) in [6.45, 7) is 0. The van der Waals surface area contributed by atoms with Crippen molar-refractivity contribution in [2.24, 2.45) is 0 Å². The molecule has 0 aromatic heterocycles. The Hall–Kier alpha value is -1.71. The van der Waals surface area contributed by atoms with Crippen LogP contribution >= 0.6 is 23.2 Å². The van der Waals surface area contributed by atoms with Crippen molar-refractivity contribution in [1.82, 2.24) is 5.32 Å². The van der Waals surface area contributed by atoms with Crippen molar-refractivity contribution < 1.29 is 9.53 Å². The fourth-order valence-electron chi connectivity index (χ4n) is 2.00. The van der Waals surface area contributed by atoms with Gasteiger partial charge < -0.3 is 10.1 Å². The second-order valence-electron chi connectivity index (χ2n) is 4.10. The van der Waals surface area contributed by atoms with Crippen molar-refractivity contribution >= 4 is 29.1 Å². The minimum absolute atomic E-state index is 0.206. The summed E-state index contributed by atoms with van der Waals surface area (Å²) in [6.07, 6.45) is -0.677. The maximum atomic E-state index is 12.0. The minimum atomic E-state index is -0.677. The van der Waals surface area contributed by atoms with Crippen LogP contribution in [0.3, 0.4) is 0 Å². The standard InChI is InChI=1S/C14H9Cl2NO2/c15-9-5-3-6-10(16)12(9)14-17-13(18)8-4-1-2-7-11(8)19-14/h1-7,14H,(H,17,18)/t14-/m1/s1. The van der Waals surface area contributed by atoms with Crippen LogP contribution in [-0.4, -0.2) is 5.91 Å². The first-order valence-corrected chi connectivity index (χ1v) is 6.43. The topological polar surface area (TPSA) is 38.3 Å². The third-order valence-electron chi connectivity index (χ3n) is 2.90. The van der Waals surface area contributed by atoms with Gasteiger partial charge in [-0.15, -0.1) is 0 Å². The van der Waals surface area contributed by atoms with Gasteiger partial charge in [0.05, 0.1) is 21.2 Å². The molecule has 0 unspecified atom stereocenters. The van der Waals surface area contributed by atoms with Crippen LogP contribution in [0.5, 0.6) is 5.75 Å². The molecule has 2 aromatic carbocycles. The molecule has 1 amide bonds. The van der Waals surface area contributed by atoms with Crippen LogP contribution in [0.25, 0.3) is 0 Å². The molecule has 0 aliphatic carbocycles. The van der Waals surface area contributed by atoms with Gasteiger partial charge in [0.1, 0.15) is 5.75 Å². The number of halogens is 2. The summed E-state index contributed by atoms with van der Waals surface area (Å²) in [6, 6.07) is 12.2. The highest BCUT2D eigenvalue weighted by atomic mass is 35.5. The fraction of sp³-hybridized carbons (Fsp3) is 0.0714. The van der Waals surface area contributed by atoms with Gasteiger partial charge >= 0.3 is 0 Å². The lowest BCUT2D eigenvalue weighted by molar-refractivity contribution is 0.0757. The zero-order valence-corrected chi connectivity index (χ0v) is 11.2. The van der Waals surface area contributed by atoms with Crippen molar-refractivity contribution in [3.8, 4) is 5.75 Å². The summed E-state index contributed by atoms with van der Waals surface area (Å²) in [5.41, 5.74) is 1.07. The summed E-state index contributed by atoms with van der Waals surface area (Å²) >= 11 is 12.2. The van der Waals surface area contributed by atoms with E-state index >= 15 is 0 Å². The molecule has 2 aromatic rings. The first-order chi connectivity index (χ1) is 9.16. The molecule has 0 fully saturated rings. The molecule has 1 aliphatic rings. The van der Waals surface area contributed by atoms with E-state index in [0.717, 1.165) is 0 Å². The van der Waals surface area contributed by atoms with Gasteiger partial charge in [0.2, 0.25) is 6.23 Å². The molecule has 3 rings (SSSR count). The lowest BCUT2D eigenvalue weighted by Gasteiger charge is -2.28. The summed E-state index contributed by atoms with van der Waals surface area (Å²) in [7, 11) is 0. The van der Waals surface area contributed by atoms with E-state index in [-0.39, 0.29) is 5.91 Å². The molecule has 1 atom stereocenters. The molecule has 0 bridgehead atoms. The van der Waals surface area contributed by atoms with Gasteiger partial charge in [-0.2, -0.15) is 0 Å². The Morgan fingerprint density at radius 2 is 1.68 bits per heavy atom. The van der Waals surface area contributed by atoms with Crippen molar-refractivity contribution in [2.75, 3.05) is 0 Å². The average molecular weight is 294 g/mol. The molecule has 1 N–H and O–H groups in total. The Labute approximate surface area is 120 Å². The van der Waals surface area contributed by atoms with Crippen LogP contribution in [0.2, 0.25) is 10.0 Å². The van der Waals surface area contributed by atoms with Crippen molar-refractivity contribution in [1.29, 1.82) is 0 Å². The van der Waals surface area contributed by atoms with E-state index in [1.54, 1.807) is 36.4 Å². The number of ether oxygens (including phenoxy) is 1. The molecule has 3 nitrogen and oxygen atoms in total. The normalized spacial score (nSPS) is 17.4. The Morgan fingerprint density at radius 3 is 2.42 bits per heavy atom. The number of amides is 1. The zero-order valence-electron chi connectivity index (χ0n) is 9.69. The number of nitrogens with one attached hydrogen (secondary N) is 1. The van der Waals surface area contributed by atoms with E-state index in [4.69, 9.17) is 27.9 Å². The van der Waals surface area contributed by atoms with E-state index in [0.29, 0.717) is 26.9 Å². The van der Waals surface area contributed by atoms with Crippen LogP contribution < -0.4 is 10.1 Å². The van der Waals surface area contributed by atoms with Crippen LogP contribution in [0.15, 0.2) is 42.5 Å². The molecular formula is C14H9Cl2NO2. The van der Waals surface area contributed by atoms with E-state index < -0.39 is 6.23 Å². The monoisotopic (exact) mass is 293 g/mol. The molecule has 5 heteroatoms. The number of rotatable bonds is 1. The minimum Gasteiger partial charge on any atom is -0.465 e. The molecule has 1 aliphatic heterocycles. The average Bonchev–Trinajstić information content (AvgIpc) is 2.38. The molecule has 96 valence electrons. The highest BCUT2D eigenvalue weighted by Gasteiger charge is 2.28. The molecule has 0 saturated carbocycles. The van der Waals surface area contributed by atoms with Crippen molar-refractivity contribution in [3.05, 3.63) is 63.6 Å². The Balaban J connectivity index is 2.04. The highest BCUT2D eigenvalue weighted by Crippen LogP contribution is 2.35. The van der Waals surface area contributed by atoms with Crippen LogP contribution in [0, 0.1) is 0 Å². The van der Waals surface area contributed by atoms with E-state index in [2.05, 4.69) is 5.32 Å². The summed E-state index contributed by atoms with van der Waals surface area (Å²) < 4.78 is 5.75. The van der Waals surface area contributed by atoms with Gasteiger partial charge in [-0.1, -0.05) is 41.4 Å². The highest BCUT2D eigenvalue weighted by molar-refractivity contribution is 6.36. The predicted molar refractivity (Wildman–Crippen MR) is 73.7 cm³/mol. The molecule has 19 heavy (non-hydrogen) atoms. The maximum absolute atomic E-state index is 12.0. The number of para-hydroxylation sites is 1. The fourth-order valence-corrected chi connectivity index (χ4v) is 2.60. The summed E-state index contributed by atoms with van der Waals surface area (Å²) in [5, 5.41) is 3.65. The Morgan fingerprint density at radius 1 is 1.00 bits per heavy atom. The smallest absolute Gasteiger partial charge is 0.258 e. The quantitative estimate of drug-likeness (QED) is 0.868. The van der Waals surface area contributed by atoms with Gasteiger partial charge in [-0.3, -0.25) is 4.79 Å². The van der Waals surface area contributed by atoms with Gasteiger partial charge in [0.15, 0.2) is 0 Å². The van der Waals surface area contributed by atoms with Crippen LogP contribution in [0.4, 0.5) is 0 Å². The third-order valence-corrected chi connectivity index (χ3v) is 3.56. The molecule has 1 heterocycles. The maximum Gasteiger partial charge on any atom is 0.258 e. The first-order valence-electron chi connectivity index (χ1n) is 5.67.